The lowest BCUT2D eigenvalue weighted by atomic mass is 10.1. The molecule has 0 radical (unpaired) electrons. The molecule has 6 heteroatoms. The second-order valence-corrected chi connectivity index (χ2v) is 5.75. The second-order valence-electron chi connectivity index (χ2n) is 4.51. The molecule has 112 valence electrons. The fraction of sp³-hybridized carbons (Fsp3) is 1.00. The van der Waals surface area contributed by atoms with Crippen molar-refractivity contribution in [2.75, 3.05) is 6.61 Å². The molecule has 0 saturated carbocycles. The van der Waals surface area contributed by atoms with Crippen LogP contribution in [-0.4, -0.2) is 16.4 Å². The quantitative estimate of drug-likeness (QED) is 0.400. The monoisotopic (exact) mass is 346 g/mol. The summed E-state index contributed by atoms with van der Waals surface area (Å²) in [6.07, 6.45) is 12.0. The molecule has 0 aliphatic carbocycles. The lowest BCUT2D eigenvalue weighted by molar-refractivity contribution is 0.193. The maximum absolute atomic E-state index is 10.4. The van der Waals surface area contributed by atoms with Crippen LogP contribution in [0.5, 0.6) is 0 Å². The molecule has 4 nitrogen and oxygen atoms in total. The normalized spacial score (nSPS) is 11.3. The first-order valence-corrected chi connectivity index (χ1v) is 8.29. The van der Waals surface area contributed by atoms with Crippen molar-refractivity contribution < 1.29 is 18.9 Å². The van der Waals surface area contributed by atoms with Crippen molar-refractivity contribution in [2.45, 2.75) is 71.1 Å². The molecule has 2 N–H and O–H groups in total. The molecule has 0 fully saturated rings. The van der Waals surface area contributed by atoms with Crippen molar-refractivity contribution in [1.82, 2.24) is 0 Å². The zero-order valence-corrected chi connectivity index (χ0v) is 14.0. The molecule has 0 aromatic heterocycles. The Bertz CT molecular complexity index is 208. The third-order valence-corrected chi connectivity index (χ3v) is 3.28. The first kappa shape index (κ1) is 20.9. The van der Waals surface area contributed by atoms with Gasteiger partial charge in [0.25, 0.3) is 0 Å². The zero-order chi connectivity index (χ0) is 13.0. The summed E-state index contributed by atoms with van der Waals surface area (Å²) < 4.78 is 14.7. The largest absolute Gasteiger partial charge is 0.469 e. The van der Waals surface area contributed by atoms with Gasteiger partial charge in [0.2, 0.25) is 0 Å². The van der Waals surface area contributed by atoms with E-state index in [1.165, 1.54) is 44.9 Å². The molecular weight excluding hydrogens is 319 g/mol. The van der Waals surface area contributed by atoms with E-state index >= 15 is 0 Å². The molecule has 0 rings (SSSR count). The third kappa shape index (κ3) is 18.9. The van der Waals surface area contributed by atoms with Gasteiger partial charge in [-0.25, -0.2) is 4.57 Å². The summed E-state index contributed by atoms with van der Waals surface area (Å²) >= 11 is 0. The highest BCUT2D eigenvalue weighted by Crippen LogP contribution is 2.35. The average molecular weight is 347 g/mol. The van der Waals surface area contributed by atoms with Crippen LogP contribution in [0.4, 0.5) is 0 Å². The second kappa shape index (κ2) is 14.0. The van der Waals surface area contributed by atoms with Gasteiger partial charge in [-0.15, -0.1) is 17.0 Å². The molecule has 0 spiro atoms. The Morgan fingerprint density at radius 1 is 0.833 bits per heavy atom. The van der Waals surface area contributed by atoms with Crippen molar-refractivity contribution in [2.24, 2.45) is 0 Å². The zero-order valence-electron chi connectivity index (χ0n) is 11.3. The summed E-state index contributed by atoms with van der Waals surface area (Å²) in [6.45, 7) is 2.39. The van der Waals surface area contributed by atoms with Crippen LogP contribution >= 0.6 is 24.8 Å². The lowest BCUT2D eigenvalue weighted by Gasteiger charge is -2.05. The number of phosphoric ester groups is 1. The van der Waals surface area contributed by atoms with Crippen LogP contribution in [0.3, 0.4) is 0 Å². The summed E-state index contributed by atoms with van der Waals surface area (Å²) in [6, 6.07) is 0. The summed E-state index contributed by atoms with van der Waals surface area (Å²) in [4.78, 5) is 16.9. The minimum atomic E-state index is -4.24. The molecule has 0 aromatic carbocycles. The Hall–Kier alpha value is 0.590. The van der Waals surface area contributed by atoms with Crippen molar-refractivity contribution in [3.8, 4) is 0 Å². The van der Waals surface area contributed by atoms with Crippen molar-refractivity contribution >= 4 is 24.8 Å². The van der Waals surface area contributed by atoms with E-state index in [0.717, 1.165) is 19.3 Å². The Labute approximate surface area is 122 Å². The van der Waals surface area contributed by atoms with E-state index in [9.17, 15) is 4.57 Å². The van der Waals surface area contributed by atoms with Gasteiger partial charge in [0.1, 0.15) is 0 Å². The van der Waals surface area contributed by atoms with Crippen LogP contribution in [0.2, 0.25) is 0 Å². The average Bonchev–Trinajstić information content (AvgIpc) is 2.24. The third-order valence-electron chi connectivity index (χ3n) is 2.76. The number of rotatable bonds is 12. The molecule has 0 amide bonds. The van der Waals surface area contributed by atoms with Crippen LogP contribution in [-0.2, 0) is 9.09 Å². The molecule has 18 heavy (non-hydrogen) atoms. The van der Waals surface area contributed by atoms with Gasteiger partial charge in [-0.3, -0.25) is 4.52 Å². The smallest absolute Gasteiger partial charge is 0.303 e. The number of unbranched alkanes of at least 4 members (excludes halogenated alkanes) is 9. The molecule has 0 aromatic rings. The fourth-order valence-electron chi connectivity index (χ4n) is 1.77. The van der Waals surface area contributed by atoms with Crippen LogP contribution in [0.25, 0.3) is 0 Å². The highest BCUT2D eigenvalue weighted by atomic mass is 79.9. The first-order valence-electron chi connectivity index (χ1n) is 6.76. The molecule has 0 aliphatic rings. The number of hydrogen-bond donors (Lipinski definition) is 2. The SMILES string of the molecule is Br.CCCCCCCCCCCCOP(=O)(O)O. The maximum atomic E-state index is 10.4. The van der Waals surface area contributed by atoms with Crippen molar-refractivity contribution in [1.29, 1.82) is 0 Å². The maximum Gasteiger partial charge on any atom is 0.469 e. The number of hydrogen-bond acceptors (Lipinski definition) is 2. The Kier molecular flexibility index (Phi) is 16.3. The lowest BCUT2D eigenvalue weighted by Crippen LogP contribution is -1.92. The van der Waals surface area contributed by atoms with Crippen LogP contribution in [0.15, 0.2) is 0 Å². The van der Waals surface area contributed by atoms with Gasteiger partial charge in [-0.1, -0.05) is 64.7 Å². The molecule has 0 aliphatic heterocycles. The van der Waals surface area contributed by atoms with E-state index in [1.807, 2.05) is 0 Å². The first-order chi connectivity index (χ1) is 8.06. The molecule has 0 atom stereocenters. The van der Waals surface area contributed by atoms with E-state index in [2.05, 4.69) is 11.4 Å². The van der Waals surface area contributed by atoms with E-state index in [1.54, 1.807) is 0 Å². The predicted octanol–water partition coefficient (Wildman–Crippen LogP) is 4.59. The molecule has 0 unspecified atom stereocenters. The van der Waals surface area contributed by atoms with E-state index in [0.29, 0.717) is 0 Å². The van der Waals surface area contributed by atoms with Crippen molar-refractivity contribution in [3.05, 3.63) is 0 Å². The van der Waals surface area contributed by atoms with Crippen LogP contribution in [0, 0.1) is 0 Å². The molecule has 0 bridgehead atoms. The predicted molar refractivity (Wildman–Crippen MR) is 80.2 cm³/mol. The fourth-order valence-corrected chi connectivity index (χ4v) is 2.14. The minimum absolute atomic E-state index is 0. The summed E-state index contributed by atoms with van der Waals surface area (Å²) in [5, 5.41) is 0. The topological polar surface area (TPSA) is 66.8 Å². The highest BCUT2D eigenvalue weighted by Gasteiger charge is 2.12. The Morgan fingerprint density at radius 2 is 1.22 bits per heavy atom. The van der Waals surface area contributed by atoms with Gasteiger partial charge in [0, 0.05) is 0 Å². The molecule has 0 heterocycles. The van der Waals surface area contributed by atoms with E-state index in [-0.39, 0.29) is 23.6 Å². The number of halogens is 1. The minimum Gasteiger partial charge on any atom is -0.303 e. The Balaban J connectivity index is 0. The van der Waals surface area contributed by atoms with Crippen LogP contribution in [0.1, 0.15) is 71.1 Å². The standard InChI is InChI=1S/C12H27O4P.BrH/c1-2-3-4-5-6-7-8-9-10-11-12-16-17(13,14)15;/h2-12H2,1H3,(H2,13,14,15);1H. The van der Waals surface area contributed by atoms with Gasteiger partial charge >= 0.3 is 7.82 Å². The highest BCUT2D eigenvalue weighted by molar-refractivity contribution is 8.93. The molecular formula is C12H28BrO4P. The van der Waals surface area contributed by atoms with Gasteiger partial charge < -0.3 is 9.79 Å². The van der Waals surface area contributed by atoms with Gasteiger partial charge in [0.05, 0.1) is 6.61 Å². The summed E-state index contributed by atoms with van der Waals surface area (Å²) in [5.74, 6) is 0. The van der Waals surface area contributed by atoms with Gasteiger partial charge in [-0.05, 0) is 6.42 Å². The number of phosphoric acid groups is 1. The van der Waals surface area contributed by atoms with Gasteiger partial charge in [-0.2, -0.15) is 0 Å². The van der Waals surface area contributed by atoms with Crippen molar-refractivity contribution in [3.63, 3.8) is 0 Å². The van der Waals surface area contributed by atoms with E-state index < -0.39 is 7.82 Å². The summed E-state index contributed by atoms with van der Waals surface area (Å²) in [7, 11) is -4.24. The molecule has 0 saturated heterocycles. The Morgan fingerprint density at radius 3 is 1.61 bits per heavy atom. The van der Waals surface area contributed by atoms with Gasteiger partial charge in [0.15, 0.2) is 0 Å². The van der Waals surface area contributed by atoms with E-state index in [4.69, 9.17) is 9.79 Å². The van der Waals surface area contributed by atoms with Crippen LogP contribution < -0.4 is 0 Å². The summed E-state index contributed by atoms with van der Waals surface area (Å²) in [5.41, 5.74) is 0.